The number of aromatic amines is 1. The summed E-state index contributed by atoms with van der Waals surface area (Å²) in [6, 6.07) is 0. The average molecular weight is 259 g/mol. The number of rotatable bonds is 5. The van der Waals surface area contributed by atoms with Gasteiger partial charge in [-0.3, -0.25) is 14.6 Å². The molecular weight excluding hydrogens is 246 g/mol. The fourth-order valence-corrected chi connectivity index (χ4v) is 1.08. The molecule has 100 valence electrons. The molecule has 1 unspecified atom stereocenters. The molecule has 18 heavy (non-hydrogen) atoms. The highest BCUT2D eigenvalue weighted by Gasteiger charge is 2.22. The largest absolute Gasteiger partial charge is 0.391 e. The first-order chi connectivity index (χ1) is 8.32. The van der Waals surface area contributed by atoms with Crippen LogP contribution in [-0.2, 0) is 4.79 Å². The molecule has 0 aromatic carbocycles. The summed E-state index contributed by atoms with van der Waals surface area (Å²) in [5.74, 6) is -1.25. The number of hydrogen-bond donors (Lipinski definition) is 7. The Bertz CT molecular complexity index is 499. The van der Waals surface area contributed by atoms with Gasteiger partial charge in [0.25, 0.3) is 5.56 Å². The number of H-pyrrole nitrogens is 1. The maximum Gasteiger partial charge on any atom is 0.277 e. The van der Waals surface area contributed by atoms with E-state index < -0.39 is 30.3 Å². The van der Waals surface area contributed by atoms with E-state index in [-0.39, 0.29) is 17.5 Å². The molecule has 0 aliphatic heterocycles. The monoisotopic (exact) mass is 259 g/mol. The number of nitrogens with zero attached hydrogens (tertiary/aromatic N) is 1. The number of aromatic nitrogens is 2. The predicted molar refractivity (Wildman–Crippen MR) is 61.4 cm³/mol. The highest BCUT2D eigenvalue weighted by molar-refractivity contribution is 5.87. The zero-order valence-electron chi connectivity index (χ0n) is 9.12. The summed E-state index contributed by atoms with van der Waals surface area (Å²) >= 11 is 0. The quantitative estimate of drug-likeness (QED) is 0.264. The van der Waals surface area contributed by atoms with Crippen molar-refractivity contribution in [2.45, 2.75) is 12.4 Å². The molecule has 10 heteroatoms. The number of carbonyl (C=O) groups excluding carboxylic acids is 1. The van der Waals surface area contributed by atoms with Crippen molar-refractivity contribution in [3.05, 3.63) is 10.4 Å². The fourth-order valence-electron chi connectivity index (χ4n) is 1.08. The lowest BCUT2D eigenvalue weighted by atomic mass is 10.2. The predicted octanol–water partition coefficient (Wildman–Crippen LogP) is -3.41. The summed E-state index contributed by atoms with van der Waals surface area (Å²) in [7, 11) is 0. The molecule has 0 aliphatic rings. The maximum atomic E-state index is 11.2. The third kappa shape index (κ3) is 3.16. The summed E-state index contributed by atoms with van der Waals surface area (Å²) in [6.45, 7) is -0.501. The molecule has 0 saturated heterocycles. The van der Waals surface area contributed by atoms with Gasteiger partial charge in [-0.2, -0.15) is 4.98 Å². The van der Waals surface area contributed by atoms with Gasteiger partial charge in [0.2, 0.25) is 5.95 Å². The van der Waals surface area contributed by atoms with Gasteiger partial charge in [0.05, 0.1) is 6.54 Å². The van der Waals surface area contributed by atoms with Crippen molar-refractivity contribution in [1.82, 2.24) is 9.97 Å². The molecule has 0 bridgehead atoms. The van der Waals surface area contributed by atoms with Gasteiger partial charge in [-0.1, -0.05) is 0 Å². The van der Waals surface area contributed by atoms with Crippen molar-refractivity contribution in [3.8, 4) is 0 Å². The van der Waals surface area contributed by atoms with Gasteiger partial charge in [0, 0.05) is 0 Å². The Kier molecular flexibility index (Phi) is 4.20. The minimum Gasteiger partial charge on any atom is -0.391 e. The zero-order valence-corrected chi connectivity index (χ0v) is 9.12. The highest BCUT2D eigenvalue weighted by atomic mass is 16.5. The van der Waals surface area contributed by atoms with E-state index in [0.717, 1.165) is 0 Å². The summed E-state index contributed by atoms with van der Waals surface area (Å²) in [4.78, 5) is 28.2. The van der Waals surface area contributed by atoms with E-state index in [1.807, 2.05) is 0 Å². The summed E-state index contributed by atoms with van der Waals surface area (Å²) < 4.78 is 0. The van der Waals surface area contributed by atoms with Crippen LogP contribution in [0.4, 0.5) is 17.5 Å². The van der Waals surface area contributed by atoms with Gasteiger partial charge in [-0.05, 0) is 0 Å². The number of anilines is 3. The SMILES string of the molecule is Nc1nc(NCC(=O)C(O)C(O)O)c(N)c(=O)[nH]1. The van der Waals surface area contributed by atoms with Gasteiger partial charge in [0.15, 0.2) is 24.0 Å². The Morgan fingerprint density at radius 2 is 2.00 bits per heavy atom. The molecule has 0 amide bonds. The minimum atomic E-state index is -2.19. The fraction of sp³-hybridized carbons (Fsp3) is 0.375. The molecule has 1 aromatic rings. The average Bonchev–Trinajstić information content (AvgIpc) is 2.30. The van der Waals surface area contributed by atoms with Crippen LogP contribution in [0.15, 0.2) is 4.79 Å². The van der Waals surface area contributed by atoms with Crippen molar-refractivity contribution in [3.63, 3.8) is 0 Å². The van der Waals surface area contributed by atoms with Crippen LogP contribution in [-0.4, -0.2) is 50.0 Å². The number of nitrogens with one attached hydrogen (secondary N) is 2. The highest BCUT2D eigenvalue weighted by Crippen LogP contribution is 2.09. The first-order valence-electron chi connectivity index (χ1n) is 4.79. The lowest BCUT2D eigenvalue weighted by Gasteiger charge is -2.12. The molecule has 10 nitrogen and oxygen atoms in total. The van der Waals surface area contributed by atoms with Crippen LogP contribution < -0.4 is 22.3 Å². The Balaban J connectivity index is 2.76. The Labute approximate surface area is 100 Å². The molecule has 0 radical (unpaired) electrons. The van der Waals surface area contributed by atoms with Crippen molar-refractivity contribution < 1.29 is 20.1 Å². The van der Waals surface area contributed by atoms with Crippen LogP contribution in [0, 0.1) is 0 Å². The number of aliphatic hydroxyl groups is 3. The number of nitrogens with two attached hydrogens (primary N) is 2. The zero-order chi connectivity index (χ0) is 13.9. The van der Waals surface area contributed by atoms with E-state index in [1.165, 1.54) is 0 Å². The maximum absolute atomic E-state index is 11.2. The van der Waals surface area contributed by atoms with E-state index in [2.05, 4.69) is 15.3 Å². The van der Waals surface area contributed by atoms with Crippen LogP contribution in [0.1, 0.15) is 0 Å². The van der Waals surface area contributed by atoms with Crippen LogP contribution in [0.3, 0.4) is 0 Å². The second-order valence-electron chi connectivity index (χ2n) is 3.39. The molecular formula is C8H13N5O5. The topological polar surface area (TPSA) is 188 Å². The summed E-state index contributed by atoms with van der Waals surface area (Å²) in [6.07, 6.45) is -4.15. The molecule has 1 rings (SSSR count). The van der Waals surface area contributed by atoms with Gasteiger partial charge >= 0.3 is 0 Å². The van der Waals surface area contributed by atoms with E-state index in [9.17, 15) is 9.59 Å². The van der Waals surface area contributed by atoms with Crippen molar-refractivity contribution in [1.29, 1.82) is 0 Å². The Morgan fingerprint density at radius 3 is 2.56 bits per heavy atom. The van der Waals surface area contributed by atoms with E-state index in [4.69, 9.17) is 26.8 Å². The van der Waals surface area contributed by atoms with E-state index >= 15 is 0 Å². The molecule has 0 aliphatic carbocycles. The van der Waals surface area contributed by atoms with Crippen LogP contribution in [0.25, 0.3) is 0 Å². The van der Waals surface area contributed by atoms with Gasteiger partial charge in [-0.15, -0.1) is 0 Å². The first-order valence-corrected chi connectivity index (χ1v) is 4.79. The third-order valence-corrected chi connectivity index (χ3v) is 2.02. The van der Waals surface area contributed by atoms with Crippen molar-refractivity contribution in [2.75, 3.05) is 23.3 Å². The molecule has 0 fully saturated rings. The number of carbonyl (C=O) groups is 1. The van der Waals surface area contributed by atoms with Crippen LogP contribution in [0.5, 0.6) is 0 Å². The molecule has 1 atom stereocenters. The van der Waals surface area contributed by atoms with Crippen LogP contribution in [0.2, 0.25) is 0 Å². The van der Waals surface area contributed by atoms with Crippen molar-refractivity contribution >= 4 is 23.2 Å². The smallest absolute Gasteiger partial charge is 0.277 e. The van der Waals surface area contributed by atoms with Crippen molar-refractivity contribution in [2.24, 2.45) is 0 Å². The Hall–Kier alpha value is -2.17. The van der Waals surface area contributed by atoms with E-state index in [1.54, 1.807) is 0 Å². The second kappa shape index (κ2) is 5.44. The van der Waals surface area contributed by atoms with Gasteiger partial charge in [0.1, 0.15) is 5.69 Å². The van der Waals surface area contributed by atoms with Crippen LogP contribution >= 0.6 is 0 Å². The lowest BCUT2D eigenvalue weighted by molar-refractivity contribution is -0.152. The van der Waals surface area contributed by atoms with Gasteiger partial charge in [-0.25, -0.2) is 0 Å². The third-order valence-electron chi connectivity index (χ3n) is 2.02. The number of hydrogen-bond acceptors (Lipinski definition) is 9. The Morgan fingerprint density at radius 1 is 1.39 bits per heavy atom. The molecule has 1 heterocycles. The number of nitrogen functional groups attached to an aromatic ring is 2. The molecule has 1 aromatic heterocycles. The number of ketones is 1. The summed E-state index contributed by atoms with van der Waals surface area (Å²) in [5.41, 5.74) is 9.68. The molecule has 0 saturated carbocycles. The van der Waals surface area contributed by atoms with Gasteiger partial charge < -0.3 is 32.1 Å². The standard InChI is InChI=1S/C8H13N5O5/c9-3-5(12-8(10)13-6(3)16)11-1-2(14)4(15)7(17)18/h4,7,15,17-18H,1,9H2,(H4,10,11,12,13,16). The number of aliphatic hydroxyl groups excluding tert-OH is 2. The normalized spacial score (nSPS) is 12.4. The number of Topliss-reactive ketones (excluding diaryl/α,β-unsaturated/α-hetero) is 1. The minimum absolute atomic E-state index is 0.135. The molecule has 9 N–H and O–H groups in total. The lowest BCUT2D eigenvalue weighted by Crippen LogP contribution is -2.37. The first kappa shape index (κ1) is 13.9. The molecule has 0 spiro atoms. The second-order valence-corrected chi connectivity index (χ2v) is 3.39. The van der Waals surface area contributed by atoms with E-state index in [0.29, 0.717) is 0 Å². The summed E-state index contributed by atoms with van der Waals surface area (Å²) in [5, 5.41) is 28.5.